The van der Waals surface area contributed by atoms with E-state index in [0.29, 0.717) is 24.4 Å². The van der Waals surface area contributed by atoms with Gasteiger partial charge in [0.2, 0.25) is 0 Å². The van der Waals surface area contributed by atoms with Crippen LogP contribution in [0.25, 0.3) is 11.2 Å². The highest BCUT2D eigenvalue weighted by Crippen LogP contribution is 2.34. The van der Waals surface area contributed by atoms with Crippen molar-refractivity contribution in [3.05, 3.63) is 42.2 Å². The van der Waals surface area contributed by atoms with E-state index >= 15 is 0 Å². The molecule has 0 bridgehead atoms. The van der Waals surface area contributed by atoms with Gasteiger partial charge in [0.05, 0.1) is 12.9 Å². The van der Waals surface area contributed by atoms with Crippen molar-refractivity contribution in [2.24, 2.45) is 0 Å². The summed E-state index contributed by atoms with van der Waals surface area (Å²) in [6, 6.07) is 9.81. The molecule has 1 saturated heterocycles. The molecule has 1 atom stereocenters. The number of hydrogen-bond acceptors (Lipinski definition) is 8. The van der Waals surface area contributed by atoms with Crippen molar-refractivity contribution < 1.29 is 18.9 Å². The third-order valence-corrected chi connectivity index (χ3v) is 4.30. The fourth-order valence-electron chi connectivity index (χ4n) is 3.04. The van der Waals surface area contributed by atoms with Crippen LogP contribution < -0.4 is 10.5 Å². The number of imidazole rings is 1. The van der Waals surface area contributed by atoms with E-state index in [1.165, 1.54) is 0 Å². The zero-order valence-electron chi connectivity index (χ0n) is 15.1. The van der Waals surface area contributed by atoms with E-state index in [1.807, 2.05) is 41.8 Å². The quantitative estimate of drug-likeness (QED) is 0.626. The van der Waals surface area contributed by atoms with Crippen molar-refractivity contribution in [3.63, 3.8) is 0 Å². The van der Waals surface area contributed by atoms with Gasteiger partial charge in [0.15, 0.2) is 29.6 Å². The van der Waals surface area contributed by atoms with Gasteiger partial charge in [-0.25, -0.2) is 4.98 Å². The number of ether oxygens (including phenoxy) is 4. The first kappa shape index (κ1) is 17.7. The lowest BCUT2D eigenvalue weighted by molar-refractivity contribution is -0.384. The number of hydrogen-bond donors (Lipinski definition) is 1. The summed E-state index contributed by atoms with van der Waals surface area (Å²) < 4.78 is 23.9. The molecule has 2 N–H and O–H groups in total. The summed E-state index contributed by atoms with van der Waals surface area (Å²) in [6.45, 7) is 2.60. The molecule has 3 aromatic rings. The van der Waals surface area contributed by atoms with Crippen LogP contribution in [0.1, 0.15) is 18.5 Å². The highest BCUT2D eigenvalue weighted by molar-refractivity contribution is 5.82. The zero-order valence-corrected chi connectivity index (χ0v) is 15.1. The third kappa shape index (κ3) is 3.44. The van der Waals surface area contributed by atoms with E-state index in [-0.39, 0.29) is 24.2 Å². The van der Waals surface area contributed by atoms with E-state index in [2.05, 4.69) is 15.0 Å². The number of nitrogens with two attached hydrogens (primary N) is 1. The summed E-state index contributed by atoms with van der Waals surface area (Å²) in [5, 5.41) is 0. The van der Waals surface area contributed by atoms with Crippen molar-refractivity contribution in [3.8, 4) is 6.01 Å². The summed E-state index contributed by atoms with van der Waals surface area (Å²) in [5.74, 6) is 0.252. The average molecular weight is 371 g/mol. The van der Waals surface area contributed by atoms with Crippen LogP contribution in [-0.2, 0) is 14.2 Å². The van der Waals surface area contributed by atoms with Gasteiger partial charge in [0.25, 0.3) is 0 Å². The molecule has 0 radical (unpaired) electrons. The molecule has 1 aromatic carbocycles. The van der Waals surface area contributed by atoms with Gasteiger partial charge in [-0.15, -0.1) is 0 Å². The summed E-state index contributed by atoms with van der Waals surface area (Å²) in [4.78, 5) is 13.0. The van der Waals surface area contributed by atoms with Gasteiger partial charge in [-0.3, -0.25) is 0 Å². The summed E-state index contributed by atoms with van der Waals surface area (Å²) in [6.07, 6.45) is 0.972. The Morgan fingerprint density at radius 1 is 1.19 bits per heavy atom. The molecule has 1 fully saturated rings. The number of aromatic nitrogens is 4. The molecule has 0 aliphatic carbocycles. The second-order valence-electron chi connectivity index (χ2n) is 6.12. The van der Waals surface area contributed by atoms with Crippen LogP contribution in [0.5, 0.6) is 6.01 Å². The molecule has 142 valence electrons. The van der Waals surface area contributed by atoms with Gasteiger partial charge in [-0.2, -0.15) is 9.97 Å². The molecule has 3 heterocycles. The van der Waals surface area contributed by atoms with E-state index in [0.717, 1.165) is 5.56 Å². The van der Waals surface area contributed by atoms with Gasteiger partial charge in [0, 0.05) is 7.11 Å². The van der Waals surface area contributed by atoms with Crippen LogP contribution in [0.3, 0.4) is 0 Å². The second-order valence-corrected chi connectivity index (χ2v) is 6.12. The lowest BCUT2D eigenvalue weighted by Crippen LogP contribution is -2.45. The smallest absolute Gasteiger partial charge is 0.320 e. The molecule has 9 nitrogen and oxygen atoms in total. The number of fused-ring (bicyclic) bond motifs is 1. The summed E-state index contributed by atoms with van der Waals surface area (Å²) in [5.41, 5.74) is 8.12. The maximum atomic E-state index is 6.06. The number of anilines is 1. The van der Waals surface area contributed by atoms with Gasteiger partial charge in [0.1, 0.15) is 12.6 Å². The topological polar surface area (TPSA) is 107 Å². The monoisotopic (exact) mass is 371 g/mol. The van der Waals surface area contributed by atoms with Crippen molar-refractivity contribution >= 4 is 17.0 Å². The average Bonchev–Trinajstić information content (AvgIpc) is 3.06. The van der Waals surface area contributed by atoms with Gasteiger partial charge < -0.3 is 29.2 Å². The second kappa shape index (κ2) is 7.47. The molecule has 0 amide bonds. The van der Waals surface area contributed by atoms with Crippen LogP contribution in [-0.4, -0.2) is 52.4 Å². The molecular formula is C18H21N5O4. The molecule has 1 aliphatic heterocycles. The van der Waals surface area contributed by atoms with Crippen molar-refractivity contribution in [1.29, 1.82) is 0 Å². The Balaban J connectivity index is 1.75. The molecule has 9 heteroatoms. The molecule has 0 saturated carbocycles. The Kier molecular flexibility index (Phi) is 4.88. The lowest BCUT2D eigenvalue weighted by atomic mass is 10.1. The first-order chi connectivity index (χ1) is 13.2. The molecule has 1 aliphatic rings. The highest BCUT2D eigenvalue weighted by atomic mass is 16.9. The van der Waals surface area contributed by atoms with E-state index in [1.54, 1.807) is 13.4 Å². The number of nitrogens with zero attached hydrogens (tertiary/aromatic N) is 4. The van der Waals surface area contributed by atoms with Crippen LogP contribution in [0.15, 0.2) is 36.7 Å². The highest BCUT2D eigenvalue weighted by Gasteiger charge is 2.38. The van der Waals surface area contributed by atoms with E-state index in [9.17, 15) is 0 Å². The zero-order chi connectivity index (χ0) is 18.8. The number of rotatable bonds is 7. The largest absolute Gasteiger partial charge is 0.461 e. The van der Waals surface area contributed by atoms with Crippen LogP contribution >= 0.6 is 0 Å². The first-order valence-corrected chi connectivity index (χ1v) is 8.65. The van der Waals surface area contributed by atoms with Crippen molar-refractivity contribution in [2.45, 2.75) is 25.5 Å². The number of methoxy groups -OCH3 is 1. The first-order valence-electron chi connectivity index (χ1n) is 8.65. The fraction of sp³-hybridized carbons (Fsp3) is 0.389. The predicted molar refractivity (Wildman–Crippen MR) is 97.1 cm³/mol. The maximum Gasteiger partial charge on any atom is 0.320 e. The number of benzene rings is 1. The van der Waals surface area contributed by atoms with Crippen molar-refractivity contribution in [2.75, 3.05) is 26.1 Å². The van der Waals surface area contributed by atoms with E-state index < -0.39 is 6.29 Å². The summed E-state index contributed by atoms with van der Waals surface area (Å²) in [7, 11) is 1.60. The normalized spacial score (nSPS) is 20.4. The molecule has 0 spiro atoms. The Morgan fingerprint density at radius 3 is 2.67 bits per heavy atom. The Morgan fingerprint density at radius 2 is 1.96 bits per heavy atom. The Hall–Kier alpha value is -2.75. The van der Waals surface area contributed by atoms with Crippen molar-refractivity contribution in [1.82, 2.24) is 19.5 Å². The van der Waals surface area contributed by atoms with Crippen LogP contribution in [0.2, 0.25) is 0 Å². The van der Waals surface area contributed by atoms with Crippen LogP contribution in [0, 0.1) is 0 Å². The lowest BCUT2D eigenvalue weighted by Gasteiger charge is -2.39. The SMILES string of the molecule is COCCOc1nc(N)c2ncn(C(c3ccccc3)C3OC(C)O3)c2n1. The molecule has 4 rings (SSSR count). The fourth-order valence-corrected chi connectivity index (χ4v) is 3.04. The third-order valence-electron chi connectivity index (χ3n) is 4.30. The molecule has 27 heavy (non-hydrogen) atoms. The predicted octanol–water partition coefficient (Wildman–Crippen LogP) is 1.74. The minimum Gasteiger partial charge on any atom is -0.461 e. The molecular weight excluding hydrogens is 350 g/mol. The standard InChI is InChI=1S/C18H21N5O4/c1-11-26-17(27-11)14(12-6-4-3-5-7-12)23-10-20-13-15(19)21-18(22-16(13)23)25-9-8-24-2/h3-7,10-11,14,17H,8-9H2,1-2H3,(H2,19,21,22). The van der Waals surface area contributed by atoms with Gasteiger partial charge in [-0.05, 0) is 12.5 Å². The minimum absolute atomic E-state index is 0.175. The summed E-state index contributed by atoms with van der Waals surface area (Å²) >= 11 is 0. The Bertz CT molecular complexity index is 911. The molecule has 1 unspecified atom stereocenters. The minimum atomic E-state index is -0.450. The maximum absolute atomic E-state index is 6.06. The molecule has 2 aromatic heterocycles. The van der Waals surface area contributed by atoms with Gasteiger partial charge in [-0.1, -0.05) is 30.3 Å². The Labute approximate surface area is 156 Å². The van der Waals surface area contributed by atoms with E-state index in [4.69, 9.17) is 24.7 Å². The van der Waals surface area contributed by atoms with Crippen LogP contribution in [0.4, 0.5) is 5.82 Å². The number of nitrogen functional groups attached to an aromatic ring is 1. The van der Waals surface area contributed by atoms with Gasteiger partial charge >= 0.3 is 6.01 Å².